The average molecular weight is 497 g/mol. The van der Waals surface area contributed by atoms with Crippen molar-refractivity contribution in [1.29, 1.82) is 0 Å². The minimum absolute atomic E-state index is 0.00125. The molecule has 1 aliphatic heterocycles. The molecule has 4 heterocycles. The van der Waals surface area contributed by atoms with E-state index in [0.29, 0.717) is 35.6 Å². The van der Waals surface area contributed by atoms with Crippen LogP contribution < -0.4 is 26.2 Å². The lowest BCUT2D eigenvalue weighted by atomic mass is 10.1. The Kier molecular flexibility index (Phi) is 7.13. The summed E-state index contributed by atoms with van der Waals surface area (Å²) in [6.07, 6.45) is 3.36. The van der Waals surface area contributed by atoms with Gasteiger partial charge in [-0.25, -0.2) is 19.9 Å². The smallest absolute Gasteiger partial charge is 0.238 e. The number of aromatic nitrogens is 5. The van der Waals surface area contributed by atoms with Gasteiger partial charge in [0.15, 0.2) is 5.82 Å². The maximum atomic E-state index is 12.0. The Hall–Kier alpha value is -4.64. The fraction of sp³-hybridized carbons (Fsp3) is 0.231. The summed E-state index contributed by atoms with van der Waals surface area (Å²) in [5, 5.41) is 12.4. The number of carbonyl (C=O) groups excluding carboxylic acids is 1. The van der Waals surface area contributed by atoms with Crippen LogP contribution in [0.15, 0.2) is 67.0 Å². The summed E-state index contributed by atoms with van der Waals surface area (Å²) in [5.41, 5.74) is 3.52. The van der Waals surface area contributed by atoms with Crippen molar-refractivity contribution in [3.8, 4) is 11.5 Å². The first kappa shape index (κ1) is 24.1. The molecule has 11 nitrogen and oxygen atoms in total. The molecule has 188 valence electrons. The summed E-state index contributed by atoms with van der Waals surface area (Å²) in [6.45, 7) is 4.14. The average Bonchev–Trinajstić information content (AvgIpc) is 2.93. The molecule has 5 rings (SSSR count). The molecule has 11 heteroatoms. The van der Waals surface area contributed by atoms with Crippen LogP contribution in [0.5, 0.6) is 0 Å². The number of aryl methyl sites for hydroxylation is 1. The number of nitrogens with one attached hydrogen (secondary N) is 4. The molecule has 1 atom stereocenters. The molecule has 1 saturated heterocycles. The van der Waals surface area contributed by atoms with Crippen molar-refractivity contribution in [2.24, 2.45) is 0 Å². The van der Waals surface area contributed by atoms with E-state index < -0.39 is 0 Å². The molecule has 4 N–H and O–H groups in total. The van der Waals surface area contributed by atoms with Crippen molar-refractivity contribution in [3.05, 3.63) is 72.7 Å². The van der Waals surface area contributed by atoms with Gasteiger partial charge in [-0.1, -0.05) is 6.07 Å². The highest BCUT2D eigenvalue weighted by atomic mass is 16.2. The third-order valence-corrected chi connectivity index (χ3v) is 5.91. The van der Waals surface area contributed by atoms with Gasteiger partial charge in [0.1, 0.15) is 23.4 Å². The summed E-state index contributed by atoms with van der Waals surface area (Å²) in [6, 6.07) is 17.1. The Morgan fingerprint density at radius 1 is 0.946 bits per heavy atom. The van der Waals surface area contributed by atoms with Gasteiger partial charge in [-0.2, -0.15) is 4.98 Å². The van der Waals surface area contributed by atoms with Gasteiger partial charge in [0.05, 0.1) is 0 Å². The van der Waals surface area contributed by atoms with Crippen LogP contribution >= 0.6 is 0 Å². The number of nitrogens with zero attached hydrogens (tertiary/aromatic N) is 6. The van der Waals surface area contributed by atoms with Gasteiger partial charge in [0, 0.05) is 56.1 Å². The predicted molar refractivity (Wildman–Crippen MR) is 143 cm³/mol. The number of likely N-dealkylation sites (N-methyl/N-ethyl adjacent to an activating group) is 1. The molecule has 0 saturated carbocycles. The molecule has 1 aromatic carbocycles. The second-order valence-corrected chi connectivity index (χ2v) is 8.56. The molecule has 0 unspecified atom stereocenters. The quantitative estimate of drug-likeness (QED) is 0.303. The molecule has 4 aromatic rings. The van der Waals surface area contributed by atoms with Gasteiger partial charge in [-0.05, 0) is 55.5 Å². The highest BCUT2D eigenvalue weighted by Crippen LogP contribution is 2.22. The van der Waals surface area contributed by atoms with Crippen LogP contribution in [0.3, 0.4) is 0 Å². The first-order valence-electron chi connectivity index (χ1n) is 12.0. The zero-order chi connectivity index (χ0) is 25.6. The number of anilines is 5. The molecule has 3 aromatic heterocycles. The second kappa shape index (κ2) is 11.0. The molecule has 0 radical (unpaired) electrons. The van der Waals surface area contributed by atoms with Crippen LogP contribution in [0, 0.1) is 6.92 Å². The third kappa shape index (κ3) is 5.96. The zero-order valence-electron chi connectivity index (χ0n) is 20.6. The first-order valence-corrected chi connectivity index (χ1v) is 12.0. The van der Waals surface area contributed by atoms with Crippen molar-refractivity contribution in [1.82, 2.24) is 35.6 Å². The molecule has 1 fully saturated rings. The highest BCUT2D eigenvalue weighted by Gasteiger charge is 2.24. The lowest BCUT2D eigenvalue weighted by Gasteiger charge is -2.34. The molecule has 1 aliphatic rings. The van der Waals surface area contributed by atoms with Gasteiger partial charge in [-0.3, -0.25) is 4.79 Å². The molecule has 37 heavy (non-hydrogen) atoms. The molecule has 1 amide bonds. The van der Waals surface area contributed by atoms with Crippen molar-refractivity contribution in [2.75, 3.05) is 42.2 Å². The van der Waals surface area contributed by atoms with Crippen LogP contribution in [-0.2, 0) is 4.79 Å². The second-order valence-electron chi connectivity index (χ2n) is 8.56. The molecular weight excluding hydrogens is 468 g/mol. The van der Waals surface area contributed by atoms with E-state index in [2.05, 4.69) is 51.1 Å². The summed E-state index contributed by atoms with van der Waals surface area (Å²) in [4.78, 5) is 36.5. The monoisotopic (exact) mass is 496 g/mol. The fourth-order valence-corrected chi connectivity index (χ4v) is 4.06. The lowest BCUT2D eigenvalue weighted by Crippen LogP contribution is -2.56. The van der Waals surface area contributed by atoms with Crippen LogP contribution in [0.25, 0.3) is 11.5 Å². The largest absolute Gasteiger partial charge is 0.368 e. The van der Waals surface area contributed by atoms with Crippen LogP contribution in [-0.4, -0.2) is 63.6 Å². The van der Waals surface area contributed by atoms with E-state index in [4.69, 9.17) is 0 Å². The standard InChI is InChI=1S/C26H28N10O/c1-17-4-3-5-20(31-17)24-29-12-10-22(34-24)33-23-11-13-30-26(35-23)32-18-6-8-19(9-7-18)36-15-14-28-21(16-36)25(37)27-2/h3-13,21,28H,14-16H2,1-2H3,(H,27,37)(H2,29,30,32,33,34,35)/t21-/m1/s1. The predicted octanol–water partition coefficient (Wildman–Crippen LogP) is 2.65. The van der Waals surface area contributed by atoms with E-state index >= 15 is 0 Å². The van der Waals surface area contributed by atoms with E-state index in [9.17, 15) is 4.79 Å². The van der Waals surface area contributed by atoms with Gasteiger partial charge in [0.25, 0.3) is 0 Å². The Bertz CT molecular complexity index is 1380. The number of carbonyl (C=O) groups is 1. The number of rotatable bonds is 7. The maximum absolute atomic E-state index is 12.0. The number of benzene rings is 1. The van der Waals surface area contributed by atoms with Crippen molar-refractivity contribution in [3.63, 3.8) is 0 Å². The van der Waals surface area contributed by atoms with Gasteiger partial charge < -0.3 is 26.2 Å². The molecule has 0 aliphatic carbocycles. The SMILES string of the molecule is CNC(=O)[C@H]1CN(c2ccc(Nc3nccc(Nc4ccnc(-c5cccc(C)n5)n4)n3)cc2)CCN1. The number of hydrogen-bond donors (Lipinski definition) is 4. The van der Waals surface area contributed by atoms with Gasteiger partial charge in [0.2, 0.25) is 11.9 Å². The summed E-state index contributed by atoms with van der Waals surface area (Å²) >= 11 is 0. The molecule has 0 bridgehead atoms. The van der Waals surface area contributed by atoms with Gasteiger partial charge >= 0.3 is 0 Å². The van der Waals surface area contributed by atoms with E-state index in [1.54, 1.807) is 31.6 Å². The zero-order valence-corrected chi connectivity index (χ0v) is 20.6. The maximum Gasteiger partial charge on any atom is 0.238 e. The fourth-order valence-electron chi connectivity index (χ4n) is 4.06. The number of amides is 1. The third-order valence-electron chi connectivity index (χ3n) is 5.91. The minimum atomic E-state index is -0.223. The molecular formula is C26H28N10O. The van der Waals surface area contributed by atoms with Crippen LogP contribution in [0.4, 0.5) is 29.0 Å². The van der Waals surface area contributed by atoms with E-state index in [1.807, 2.05) is 49.4 Å². The normalized spacial score (nSPS) is 15.2. The Morgan fingerprint density at radius 2 is 1.73 bits per heavy atom. The first-order chi connectivity index (χ1) is 18.1. The van der Waals surface area contributed by atoms with Crippen LogP contribution in [0.2, 0.25) is 0 Å². The highest BCUT2D eigenvalue weighted by molar-refractivity contribution is 5.82. The Labute approximate surface area is 214 Å². The summed E-state index contributed by atoms with van der Waals surface area (Å²) < 4.78 is 0. The Morgan fingerprint density at radius 3 is 2.51 bits per heavy atom. The summed E-state index contributed by atoms with van der Waals surface area (Å²) in [7, 11) is 1.66. The molecule has 0 spiro atoms. The van der Waals surface area contributed by atoms with Crippen molar-refractivity contribution >= 4 is 34.9 Å². The van der Waals surface area contributed by atoms with Crippen LogP contribution in [0.1, 0.15) is 5.69 Å². The minimum Gasteiger partial charge on any atom is -0.368 e. The van der Waals surface area contributed by atoms with Gasteiger partial charge in [-0.15, -0.1) is 0 Å². The van der Waals surface area contributed by atoms with E-state index in [0.717, 1.165) is 30.2 Å². The van der Waals surface area contributed by atoms with Crippen molar-refractivity contribution in [2.45, 2.75) is 13.0 Å². The number of hydrogen-bond acceptors (Lipinski definition) is 10. The topological polar surface area (TPSA) is 133 Å². The van der Waals surface area contributed by atoms with E-state index in [1.165, 1.54) is 0 Å². The Balaban J connectivity index is 1.24. The van der Waals surface area contributed by atoms with E-state index in [-0.39, 0.29) is 11.9 Å². The summed E-state index contributed by atoms with van der Waals surface area (Å²) in [5.74, 6) is 2.19. The van der Waals surface area contributed by atoms with Crippen molar-refractivity contribution < 1.29 is 4.79 Å². The number of pyridine rings is 1. The lowest BCUT2D eigenvalue weighted by molar-refractivity contribution is -0.122. The number of piperazine rings is 1.